The average molecular weight is 321 g/mol. The standard InChI is InChI=1S/C16H14F3N3O/c1-2-8-5-10(21)6-11(16(17,18)19)14(8)15-22-12-7-9(20)3-4-13(12)23-15/h3-7H,2,20-21H2,1H3. The number of nitrogen functional groups attached to an aromatic ring is 2. The number of oxazole rings is 1. The summed E-state index contributed by atoms with van der Waals surface area (Å²) in [6, 6.07) is 7.15. The lowest BCUT2D eigenvalue weighted by atomic mass is 9.97. The van der Waals surface area contributed by atoms with Crippen LogP contribution in [-0.2, 0) is 12.6 Å². The fourth-order valence-electron chi connectivity index (χ4n) is 2.53. The Bertz CT molecular complexity index is 884. The van der Waals surface area contributed by atoms with Crippen molar-refractivity contribution in [2.75, 3.05) is 11.5 Å². The van der Waals surface area contributed by atoms with E-state index in [9.17, 15) is 13.2 Å². The van der Waals surface area contributed by atoms with Crippen LogP contribution in [0.4, 0.5) is 24.5 Å². The minimum absolute atomic E-state index is 0.0540. The van der Waals surface area contributed by atoms with Crippen molar-refractivity contribution in [1.29, 1.82) is 0 Å². The van der Waals surface area contributed by atoms with Gasteiger partial charge >= 0.3 is 6.18 Å². The third kappa shape index (κ3) is 2.69. The SMILES string of the molecule is CCc1cc(N)cc(C(F)(F)F)c1-c1nc2cc(N)ccc2o1. The summed E-state index contributed by atoms with van der Waals surface area (Å²) in [6.07, 6.45) is -4.20. The molecule has 4 N–H and O–H groups in total. The van der Waals surface area contributed by atoms with Crippen molar-refractivity contribution in [3.8, 4) is 11.5 Å². The molecule has 3 aromatic rings. The molecule has 0 aliphatic heterocycles. The van der Waals surface area contributed by atoms with E-state index in [0.29, 0.717) is 28.8 Å². The Morgan fingerprint density at radius 3 is 2.48 bits per heavy atom. The highest BCUT2D eigenvalue weighted by atomic mass is 19.4. The molecule has 0 spiro atoms. The van der Waals surface area contributed by atoms with E-state index in [-0.39, 0.29) is 17.1 Å². The zero-order valence-corrected chi connectivity index (χ0v) is 12.2. The Hall–Kier alpha value is -2.70. The molecule has 0 saturated carbocycles. The number of aryl methyl sites for hydroxylation is 1. The first-order valence-corrected chi connectivity index (χ1v) is 6.95. The highest BCUT2D eigenvalue weighted by Crippen LogP contribution is 2.41. The van der Waals surface area contributed by atoms with E-state index < -0.39 is 11.7 Å². The number of benzene rings is 2. The maximum atomic E-state index is 13.4. The summed E-state index contributed by atoms with van der Waals surface area (Å²) < 4.78 is 45.7. The van der Waals surface area contributed by atoms with Gasteiger partial charge in [-0.1, -0.05) is 6.92 Å². The molecule has 2 aromatic carbocycles. The van der Waals surface area contributed by atoms with E-state index in [1.807, 2.05) is 0 Å². The second-order valence-corrected chi connectivity index (χ2v) is 5.20. The topological polar surface area (TPSA) is 78.1 Å². The van der Waals surface area contributed by atoms with Crippen molar-refractivity contribution >= 4 is 22.5 Å². The molecule has 0 aliphatic rings. The zero-order chi connectivity index (χ0) is 16.8. The van der Waals surface area contributed by atoms with Crippen LogP contribution in [0.1, 0.15) is 18.1 Å². The van der Waals surface area contributed by atoms with Gasteiger partial charge in [0.25, 0.3) is 0 Å². The number of anilines is 2. The number of aromatic nitrogens is 1. The van der Waals surface area contributed by atoms with E-state index >= 15 is 0 Å². The fraction of sp³-hybridized carbons (Fsp3) is 0.188. The molecule has 0 unspecified atom stereocenters. The van der Waals surface area contributed by atoms with Crippen molar-refractivity contribution in [1.82, 2.24) is 4.98 Å². The van der Waals surface area contributed by atoms with Crippen LogP contribution in [0.25, 0.3) is 22.6 Å². The summed E-state index contributed by atoms with van der Waals surface area (Å²) in [5, 5.41) is 0. The van der Waals surface area contributed by atoms with Gasteiger partial charge < -0.3 is 15.9 Å². The van der Waals surface area contributed by atoms with E-state index in [2.05, 4.69) is 4.98 Å². The Kier molecular flexibility index (Phi) is 3.43. The minimum Gasteiger partial charge on any atom is -0.436 e. The van der Waals surface area contributed by atoms with E-state index in [1.54, 1.807) is 25.1 Å². The van der Waals surface area contributed by atoms with Crippen molar-refractivity contribution in [2.45, 2.75) is 19.5 Å². The van der Waals surface area contributed by atoms with Crippen LogP contribution in [-0.4, -0.2) is 4.98 Å². The van der Waals surface area contributed by atoms with Gasteiger partial charge in [0.2, 0.25) is 5.89 Å². The first kappa shape index (κ1) is 15.2. The van der Waals surface area contributed by atoms with Crippen molar-refractivity contribution in [3.05, 3.63) is 41.5 Å². The molecule has 0 aliphatic carbocycles. The lowest BCUT2D eigenvalue weighted by molar-refractivity contribution is -0.137. The number of halogens is 3. The second kappa shape index (κ2) is 5.19. The van der Waals surface area contributed by atoms with Crippen LogP contribution < -0.4 is 11.5 Å². The summed E-state index contributed by atoms with van der Waals surface area (Å²) in [5.41, 5.74) is 12.1. The highest BCUT2D eigenvalue weighted by Gasteiger charge is 2.36. The van der Waals surface area contributed by atoms with Gasteiger partial charge in [-0.25, -0.2) is 4.98 Å². The lowest BCUT2D eigenvalue weighted by Crippen LogP contribution is -2.10. The smallest absolute Gasteiger partial charge is 0.417 e. The van der Waals surface area contributed by atoms with Crippen molar-refractivity contribution in [2.24, 2.45) is 0 Å². The van der Waals surface area contributed by atoms with Crippen molar-refractivity contribution < 1.29 is 17.6 Å². The molecule has 0 saturated heterocycles. The molecule has 0 atom stereocenters. The number of hydrogen-bond donors (Lipinski definition) is 2. The molecule has 0 radical (unpaired) electrons. The van der Waals surface area contributed by atoms with Gasteiger partial charge in [0.15, 0.2) is 5.58 Å². The maximum Gasteiger partial charge on any atom is 0.417 e. The maximum absolute atomic E-state index is 13.4. The summed E-state index contributed by atoms with van der Waals surface area (Å²) in [6.45, 7) is 1.75. The Labute approximate surface area is 129 Å². The first-order chi connectivity index (χ1) is 10.8. The molecule has 0 fully saturated rings. The highest BCUT2D eigenvalue weighted by molar-refractivity contribution is 5.81. The minimum atomic E-state index is -4.56. The van der Waals surface area contributed by atoms with Crippen LogP contribution in [0, 0.1) is 0 Å². The first-order valence-electron chi connectivity index (χ1n) is 6.95. The Balaban J connectivity index is 2.32. The molecule has 0 amide bonds. The van der Waals surface area contributed by atoms with Crippen LogP contribution in [0.2, 0.25) is 0 Å². The van der Waals surface area contributed by atoms with E-state index in [4.69, 9.17) is 15.9 Å². The quantitative estimate of drug-likeness (QED) is 0.692. The van der Waals surface area contributed by atoms with Gasteiger partial charge in [-0.3, -0.25) is 0 Å². The molecule has 3 rings (SSSR count). The van der Waals surface area contributed by atoms with Gasteiger partial charge in [0.05, 0.1) is 11.1 Å². The summed E-state index contributed by atoms with van der Waals surface area (Å²) >= 11 is 0. The van der Waals surface area contributed by atoms with Crippen molar-refractivity contribution in [3.63, 3.8) is 0 Å². The van der Waals surface area contributed by atoms with E-state index in [1.165, 1.54) is 6.07 Å². The fourth-order valence-corrected chi connectivity index (χ4v) is 2.53. The summed E-state index contributed by atoms with van der Waals surface area (Å²) in [4.78, 5) is 4.17. The number of alkyl halides is 3. The summed E-state index contributed by atoms with van der Waals surface area (Å²) in [7, 11) is 0. The number of rotatable bonds is 2. The second-order valence-electron chi connectivity index (χ2n) is 5.20. The van der Waals surface area contributed by atoms with E-state index in [0.717, 1.165) is 6.07 Å². The Morgan fingerprint density at radius 1 is 1.09 bits per heavy atom. The third-order valence-corrected chi connectivity index (χ3v) is 3.55. The monoisotopic (exact) mass is 321 g/mol. The number of fused-ring (bicyclic) bond motifs is 1. The predicted molar refractivity (Wildman–Crippen MR) is 82.6 cm³/mol. The molecule has 120 valence electrons. The van der Waals surface area contributed by atoms with Gasteiger partial charge in [-0.15, -0.1) is 0 Å². The molecule has 0 bridgehead atoms. The van der Waals surface area contributed by atoms with Crippen LogP contribution in [0.5, 0.6) is 0 Å². The van der Waals surface area contributed by atoms with Gasteiger partial charge in [0, 0.05) is 11.4 Å². The normalized spacial score (nSPS) is 12.0. The molecular weight excluding hydrogens is 307 g/mol. The number of nitrogens with zero attached hydrogens (tertiary/aromatic N) is 1. The zero-order valence-electron chi connectivity index (χ0n) is 12.2. The molecule has 4 nitrogen and oxygen atoms in total. The largest absolute Gasteiger partial charge is 0.436 e. The molecule has 1 aromatic heterocycles. The average Bonchev–Trinajstić information content (AvgIpc) is 2.87. The lowest BCUT2D eigenvalue weighted by Gasteiger charge is -2.15. The predicted octanol–water partition coefficient (Wildman–Crippen LogP) is 4.24. The van der Waals surface area contributed by atoms with Gasteiger partial charge in [-0.05, 0) is 42.3 Å². The van der Waals surface area contributed by atoms with Gasteiger partial charge in [-0.2, -0.15) is 13.2 Å². The summed E-state index contributed by atoms with van der Waals surface area (Å²) in [5.74, 6) is -0.0882. The molecular formula is C16H14F3N3O. The number of hydrogen-bond acceptors (Lipinski definition) is 4. The molecule has 23 heavy (non-hydrogen) atoms. The van der Waals surface area contributed by atoms with Crippen LogP contribution in [0.3, 0.4) is 0 Å². The molecule has 1 heterocycles. The third-order valence-electron chi connectivity index (χ3n) is 3.55. The number of nitrogens with two attached hydrogens (primary N) is 2. The Morgan fingerprint density at radius 2 is 1.83 bits per heavy atom. The van der Waals surface area contributed by atoms with Crippen LogP contribution in [0.15, 0.2) is 34.7 Å². The molecule has 7 heteroatoms. The van der Waals surface area contributed by atoms with Crippen LogP contribution >= 0.6 is 0 Å². The van der Waals surface area contributed by atoms with Gasteiger partial charge in [0.1, 0.15) is 5.52 Å².